The Morgan fingerprint density at radius 1 is 1.00 bits per heavy atom. The van der Waals surface area contributed by atoms with Crippen molar-refractivity contribution >= 4 is 5.97 Å². The van der Waals surface area contributed by atoms with Crippen molar-refractivity contribution < 1.29 is 19.0 Å². The van der Waals surface area contributed by atoms with Crippen LogP contribution in [0.2, 0.25) is 0 Å². The van der Waals surface area contributed by atoms with E-state index in [0.717, 1.165) is 11.3 Å². The van der Waals surface area contributed by atoms with Crippen molar-refractivity contribution in [2.75, 3.05) is 19.8 Å². The number of nitrogens with zero attached hydrogens (tertiary/aromatic N) is 1. The Kier molecular flexibility index (Phi) is 6.01. The van der Waals surface area contributed by atoms with Crippen molar-refractivity contribution in [2.45, 2.75) is 6.92 Å². The summed E-state index contributed by atoms with van der Waals surface area (Å²) >= 11 is 0. The first-order valence-electron chi connectivity index (χ1n) is 7.16. The molecule has 0 aromatic heterocycles. The van der Waals surface area contributed by atoms with Crippen molar-refractivity contribution in [1.82, 2.24) is 0 Å². The molecule has 0 amide bonds. The quantitative estimate of drug-likeness (QED) is 0.581. The smallest absolute Gasteiger partial charge is 0.344 e. The van der Waals surface area contributed by atoms with E-state index in [1.54, 1.807) is 24.3 Å². The van der Waals surface area contributed by atoms with Gasteiger partial charge in [0.05, 0.1) is 5.56 Å². The monoisotopic (exact) mass is 311 g/mol. The van der Waals surface area contributed by atoms with Crippen LogP contribution >= 0.6 is 0 Å². The lowest BCUT2D eigenvalue weighted by Gasteiger charge is -2.10. The highest BCUT2D eigenvalue weighted by atomic mass is 16.6. The predicted octanol–water partition coefficient (Wildman–Crippen LogP) is 2.87. The number of rotatable bonds is 7. The number of hydrogen-bond acceptors (Lipinski definition) is 5. The Morgan fingerprint density at radius 2 is 1.70 bits per heavy atom. The molecule has 5 nitrogen and oxygen atoms in total. The molecule has 0 aliphatic rings. The third kappa shape index (κ3) is 5.04. The number of para-hydroxylation sites is 2. The summed E-state index contributed by atoms with van der Waals surface area (Å²) in [5.74, 6) is 0.622. The predicted molar refractivity (Wildman–Crippen MR) is 84.3 cm³/mol. The van der Waals surface area contributed by atoms with Crippen LogP contribution in [0.25, 0.3) is 0 Å². The number of carbonyl (C=O) groups excluding carboxylic acids is 1. The molecule has 23 heavy (non-hydrogen) atoms. The van der Waals surface area contributed by atoms with Gasteiger partial charge in [-0.15, -0.1) is 0 Å². The summed E-state index contributed by atoms with van der Waals surface area (Å²) < 4.78 is 15.8. The van der Waals surface area contributed by atoms with E-state index in [1.807, 2.05) is 37.3 Å². The van der Waals surface area contributed by atoms with Crippen LogP contribution in [0.3, 0.4) is 0 Å². The van der Waals surface area contributed by atoms with Crippen LogP contribution < -0.4 is 9.47 Å². The zero-order chi connectivity index (χ0) is 16.5. The van der Waals surface area contributed by atoms with Gasteiger partial charge in [0.1, 0.15) is 30.8 Å². The summed E-state index contributed by atoms with van der Waals surface area (Å²) in [7, 11) is 0. The number of benzene rings is 2. The van der Waals surface area contributed by atoms with Gasteiger partial charge in [-0.05, 0) is 30.7 Å². The Hall–Kier alpha value is -3.00. The van der Waals surface area contributed by atoms with E-state index in [2.05, 4.69) is 0 Å². The lowest BCUT2D eigenvalue weighted by atomic mass is 10.2. The van der Waals surface area contributed by atoms with Crippen LogP contribution in [-0.4, -0.2) is 25.8 Å². The first-order chi connectivity index (χ1) is 11.2. The first-order valence-corrected chi connectivity index (χ1v) is 7.16. The van der Waals surface area contributed by atoms with Crippen LogP contribution in [0.15, 0.2) is 48.5 Å². The van der Waals surface area contributed by atoms with E-state index in [4.69, 9.17) is 19.5 Å². The molecule has 0 saturated carbocycles. The van der Waals surface area contributed by atoms with Gasteiger partial charge in [0, 0.05) is 0 Å². The normalized spacial score (nSPS) is 9.74. The van der Waals surface area contributed by atoms with E-state index in [0.29, 0.717) is 11.3 Å². The van der Waals surface area contributed by atoms with Crippen molar-refractivity contribution in [3.05, 3.63) is 59.7 Å². The highest BCUT2D eigenvalue weighted by molar-refractivity contribution is 5.71. The molecule has 118 valence electrons. The van der Waals surface area contributed by atoms with E-state index >= 15 is 0 Å². The number of nitriles is 1. The van der Waals surface area contributed by atoms with Gasteiger partial charge in [-0.1, -0.05) is 30.3 Å². The molecule has 0 atom stereocenters. The van der Waals surface area contributed by atoms with E-state index in [9.17, 15) is 4.79 Å². The summed E-state index contributed by atoms with van der Waals surface area (Å²) in [5, 5.41) is 8.92. The van der Waals surface area contributed by atoms with Crippen LogP contribution in [0.1, 0.15) is 11.1 Å². The van der Waals surface area contributed by atoms with Gasteiger partial charge in [-0.2, -0.15) is 5.26 Å². The maximum Gasteiger partial charge on any atom is 0.344 e. The highest BCUT2D eigenvalue weighted by Gasteiger charge is 2.07. The van der Waals surface area contributed by atoms with Gasteiger partial charge in [-0.25, -0.2) is 4.79 Å². The lowest BCUT2D eigenvalue weighted by molar-refractivity contribution is -0.146. The molecule has 5 heteroatoms. The van der Waals surface area contributed by atoms with Crippen molar-refractivity contribution in [3.63, 3.8) is 0 Å². The largest absolute Gasteiger partial charge is 0.490 e. The molecule has 2 aromatic carbocycles. The third-order valence-corrected chi connectivity index (χ3v) is 3.05. The number of esters is 1. The van der Waals surface area contributed by atoms with Crippen LogP contribution in [0.5, 0.6) is 11.5 Å². The topological polar surface area (TPSA) is 68.6 Å². The molecular weight excluding hydrogens is 294 g/mol. The first kappa shape index (κ1) is 16.4. The Morgan fingerprint density at radius 3 is 2.43 bits per heavy atom. The fraction of sp³-hybridized carbons (Fsp3) is 0.222. The zero-order valence-electron chi connectivity index (χ0n) is 12.8. The fourth-order valence-electron chi connectivity index (χ4n) is 1.89. The van der Waals surface area contributed by atoms with E-state index in [1.165, 1.54) is 0 Å². The van der Waals surface area contributed by atoms with Gasteiger partial charge in [0.25, 0.3) is 0 Å². The molecule has 0 unspecified atom stereocenters. The summed E-state index contributed by atoms with van der Waals surface area (Å²) in [6.45, 7) is 2.10. The number of aryl methyl sites for hydroxylation is 1. The van der Waals surface area contributed by atoms with Gasteiger partial charge < -0.3 is 14.2 Å². The molecule has 0 radical (unpaired) electrons. The number of carbonyl (C=O) groups is 1. The second-order valence-electron chi connectivity index (χ2n) is 4.73. The van der Waals surface area contributed by atoms with Crippen molar-refractivity contribution in [3.8, 4) is 17.6 Å². The molecule has 2 aromatic rings. The molecule has 2 rings (SSSR count). The van der Waals surface area contributed by atoms with Gasteiger partial charge in [0.15, 0.2) is 6.61 Å². The maximum absolute atomic E-state index is 11.6. The molecule has 0 aliphatic heterocycles. The lowest BCUT2D eigenvalue weighted by Crippen LogP contribution is -2.18. The molecule has 0 heterocycles. The average molecular weight is 311 g/mol. The summed E-state index contributed by atoms with van der Waals surface area (Å²) in [5.41, 5.74) is 1.40. The SMILES string of the molecule is Cc1ccccc1OCCOC(=O)COc1ccccc1C#N. The summed E-state index contributed by atoms with van der Waals surface area (Å²) in [4.78, 5) is 11.6. The summed E-state index contributed by atoms with van der Waals surface area (Å²) in [6, 6.07) is 16.3. The minimum absolute atomic E-state index is 0.135. The molecule has 0 fully saturated rings. The minimum atomic E-state index is -0.508. The summed E-state index contributed by atoms with van der Waals surface area (Å²) in [6.07, 6.45) is 0. The highest BCUT2D eigenvalue weighted by Crippen LogP contribution is 2.17. The standard InChI is InChI=1S/C18H17NO4/c1-14-6-2-4-8-16(14)21-10-11-22-18(20)13-23-17-9-5-3-7-15(17)12-19/h2-9H,10-11,13H2,1H3. The molecular formula is C18H17NO4. The second-order valence-corrected chi connectivity index (χ2v) is 4.73. The average Bonchev–Trinajstić information content (AvgIpc) is 2.58. The van der Waals surface area contributed by atoms with Crippen LogP contribution in [0.4, 0.5) is 0 Å². The molecule has 0 aliphatic carbocycles. The van der Waals surface area contributed by atoms with Crippen LogP contribution in [0, 0.1) is 18.3 Å². The molecule has 0 N–H and O–H groups in total. The number of hydrogen-bond donors (Lipinski definition) is 0. The molecule has 0 bridgehead atoms. The zero-order valence-corrected chi connectivity index (χ0v) is 12.8. The Balaban J connectivity index is 1.70. The third-order valence-electron chi connectivity index (χ3n) is 3.05. The molecule has 0 spiro atoms. The number of ether oxygens (including phenoxy) is 3. The van der Waals surface area contributed by atoms with Crippen LogP contribution in [-0.2, 0) is 9.53 Å². The van der Waals surface area contributed by atoms with Crippen molar-refractivity contribution in [1.29, 1.82) is 5.26 Å². The second kappa shape index (κ2) is 8.44. The van der Waals surface area contributed by atoms with E-state index in [-0.39, 0.29) is 19.8 Å². The Labute approximate surface area is 135 Å². The van der Waals surface area contributed by atoms with E-state index < -0.39 is 5.97 Å². The Bertz CT molecular complexity index is 706. The van der Waals surface area contributed by atoms with Gasteiger partial charge in [0.2, 0.25) is 0 Å². The maximum atomic E-state index is 11.6. The van der Waals surface area contributed by atoms with Gasteiger partial charge >= 0.3 is 5.97 Å². The van der Waals surface area contributed by atoms with Gasteiger partial charge in [-0.3, -0.25) is 0 Å². The molecule has 0 saturated heterocycles. The van der Waals surface area contributed by atoms with Crippen molar-refractivity contribution in [2.24, 2.45) is 0 Å². The fourth-order valence-corrected chi connectivity index (χ4v) is 1.89. The minimum Gasteiger partial charge on any atom is -0.490 e.